The van der Waals surface area contributed by atoms with E-state index in [9.17, 15) is 18.0 Å². The first-order valence-corrected chi connectivity index (χ1v) is 7.32. The predicted molar refractivity (Wildman–Crippen MR) is 80.1 cm³/mol. The average Bonchev–Trinajstić information content (AvgIpc) is 3.20. The maximum Gasteiger partial charge on any atom is 0.418 e. The van der Waals surface area contributed by atoms with E-state index in [1.165, 1.54) is 12.1 Å². The van der Waals surface area contributed by atoms with Crippen LogP contribution in [0.5, 0.6) is 0 Å². The first-order chi connectivity index (χ1) is 11.3. The number of aromatic amines is 1. The summed E-state index contributed by atoms with van der Waals surface area (Å²) in [6, 6.07) is 5.36. The number of aryl methyl sites for hydroxylation is 1. The van der Waals surface area contributed by atoms with Gasteiger partial charge in [-0.05, 0) is 12.1 Å². The van der Waals surface area contributed by atoms with Gasteiger partial charge in [-0.1, -0.05) is 12.1 Å². The largest absolute Gasteiger partial charge is 0.418 e. The lowest BCUT2D eigenvalue weighted by Gasteiger charge is -2.14. The van der Waals surface area contributed by atoms with Crippen molar-refractivity contribution < 1.29 is 18.0 Å². The Morgan fingerprint density at radius 1 is 1.29 bits per heavy atom. The molecule has 1 aromatic carbocycles. The van der Waals surface area contributed by atoms with Crippen molar-refractivity contribution in [2.24, 2.45) is 7.05 Å². The Morgan fingerprint density at radius 2 is 2.08 bits per heavy atom. The highest BCUT2D eigenvalue weighted by Gasteiger charge is 2.34. The quantitative estimate of drug-likeness (QED) is 0.743. The zero-order valence-corrected chi connectivity index (χ0v) is 12.7. The summed E-state index contributed by atoms with van der Waals surface area (Å²) in [4.78, 5) is 16.9. The Hall–Kier alpha value is -2.77. The van der Waals surface area contributed by atoms with Gasteiger partial charge in [0.15, 0.2) is 0 Å². The summed E-state index contributed by atoms with van der Waals surface area (Å²) < 4.78 is 41.0. The van der Waals surface area contributed by atoms with Gasteiger partial charge < -0.3 is 9.88 Å². The normalized spacial score (nSPS) is 14.4. The van der Waals surface area contributed by atoms with Gasteiger partial charge in [0.2, 0.25) is 0 Å². The van der Waals surface area contributed by atoms with Crippen LogP contribution in [0, 0.1) is 0 Å². The maximum atomic E-state index is 13.1. The van der Waals surface area contributed by atoms with Crippen molar-refractivity contribution in [2.75, 3.05) is 0 Å². The summed E-state index contributed by atoms with van der Waals surface area (Å²) >= 11 is 0. The van der Waals surface area contributed by atoms with Crippen molar-refractivity contribution in [2.45, 2.75) is 19.3 Å². The molecule has 1 amide bonds. The summed E-state index contributed by atoms with van der Waals surface area (Å²) in [5.74, 6) is -0.324. The molecule has 0 aliphatic carbocycles. The molecule has 3 aromatic rings. The molecule has 0 atom stereocenters. The van der Waals surface area contributed by atoms with Crippen LogP contribution in [-0.2, 0) is 26.3 Å². The zero-order chi connectivity index (χ0) is 17.1. The van der Waals surface area contributed by atoms with E-state index >= 15 is 0 Å². The van der Waals surface area contributed by atoms with Crippen molar-refractivity contribution in [1.82, 2.24) is 19.7 Å². The number of para-hydroxylation sites is 1. The number of alkyl halides is 3. The number of nitrogens with one attached hydrogen (secondary N) is 1. The minimum atomic E-state index is -4.47. The molecule has 4 rings (SSSR count). The Kier molecular flexibility index (Phi) is 3.00. The lowest BCUT2D eigenvalue weighted by molar-refractivity contribution is -0.136. The predicted octanol–water partition coefficient (Wildman–Crippen LogP) is 3.08. The molecule has 0 saturated carbocycles. The molecule has 8 heteroatoms. The lowest BCUT2D eigenvalue weighted by Crippen LogP contribution is -2.26. The van der Waals surface area contributed by atoms with Crippen molar-refractivity contribution in [3.05, 3.63) is 53.0 Å². The molecule has 0 bridgehead atoms. The summed E-state index contributed by atoms with van der Waals surface area (Å²) in [7, 11) is 1.80. The second-order valence-corrected chi connectivity index (χ2v) is 5.85. The standard InChI is InChI=1S/C16H13F3N4O/c1-22-13-8-23(7-10(13)6-20-22)15(24)12-5-9-3-2-4-11(14(9)21-12)16(17,18)19/h2-6,21H,7-8H2,1H3. The number of hydrogen-bond donors (Lipinski definition) is 1. The van der Waals surface area contributed by atoms with Gasteiger partial charge in [-0.15, -0.1) is 0 Å². The van der Waals surface area contributed by atoms with Crippen molar-refractivity contribution in [3.63, 3.8) is 0 Å². The summed E-state index contributed by atoms with van der Waals surface area (Å²) in [5.41, 5.74) is 1.22. The first-order valence-electron chi connectivity index (χ1n) is 7.32. The van der Waals surface area contributed by atoms with Crippen molar-refractivity contribution >= 4 is 16.8 Å². The number of rotatable bonds is 1. The van der Waals surface area contributed by atoms with E-state index < -0.39 is 11.7 Å². The summed E-state index contributed by atoms with van der Waals surface area (Å²) in [6.07, 6.45) is -2.77. The Labute approximate surface area is 134 Å². The van der Waals surface area contributed by atoms with Gasteiger partial charge in [-0.3, -0.25) is 9.48 Å². The minimum Gasteiger partial charge on any atom is -0.350 e. The number of hydrogen-bond acceptors (Lipinski definition) is 2. The number of benzene rings is 1. The number of amides is 1. The molecule has 0 radical (unpaired) electrons. The molecule has 3 heterocycles. The van der Waals surface area contributed by atoms with Gasteiger partial charge >= 0.3 is 6.18 Å². The molecule has 0 unspecified atom stereocenters. The van der Waals surface area contributed by atoms with Crippen LogP contribution in [0.3, 0.4) is 0 Å². The van der Waals surface area contributed by atoms with Crippen LogP contribution in [0.2, 0.25) is 0 Å². The molecule has 0 saturated heterocycles. The first kappa shape index (κ1) is 14.8. The molecule has 2 aromatic heterocycles. The van der Waals surface area contributed by atoms with E-state index in [1.807, 2.05) is 0 Å². The van der Waals surface area contributed by atoms with E-state index in [0.29, 0.717) is 18.5 Å². The SMILES string of the molecule is Cn1ncc2c1CN(C(=O)c1cc3cccc(C(F)(F)F)c3[nH]1)C2. The summed E-state index contributed by atoms with van der Waals surface area (Å²) in [6.45, 7) is 0.801. The molecular formula is C16H13F3N4O. The topological polar surface area (TPSA) is 53.9 Å². The molecule has 5 nitrogen and oxygen atoms in total. The number of halogens is 3. The third-order valence-corrected chi connectivity index (χ3v) is 4.33. The third kappa shape index (κ3) is 2.17. The van der Waals surface area contributed by atoms with Crippen LogP contribution in [0.1, 0.15) is 27.3 Å². The molecule has 1 aliphatic rings. The number of carbonyl (C=O) groups excluding carboxylic acids is 1. The van der Waals surface area contributed by atoms with Crippen LogP contribution in [0.25, 0.3) is 10.9 Å². The molecule has 0 spiro atoms. The van der Waals surface area contributed by atoms with Gasteiger partial charge in [-0.25, -0.2) is 0 Å². The van der Waals surface area contributed by atoms with Gasteiger partial charge in [0, 0.05) is 24.5 Å². The Bertz CT molecular complexity index is 954. The molecule has 1 N–H and O–H groups in total. The fourth-order valence-electron chi connectivity index (χ4n) is 3.11. The van der Waals surface area contributed by atoms with Crippen LogP contribution in [-0.4, -0.2) is 25.6 Å². The third-order valence-electron chi connectivity index (χ3n) is 4.33. The highest BCUT2D eigenvalue weighted by Crippen LogP contribution is 2.35. The fourth-order valence-corrected chi connectivity index (χ4v) is 3.11. The summed E-state index contributed by atoms with van der Waals surface area (Å²) in [5, 5.41) is 4.49. The Balaban J connectivity index is 1.69. The maximum absolute atomic E-state index is 13.1. The van der Waals surface area contributed by atoms with Crippen LogP contribution < -0.4 is 0 Å². The monoisotopic (exact) mass is 334 g/mol. The van der Waals surface area contributed by atoms with E-state index in [-0.39, 0.29) is 17.1 Å². The number of nitrogens with zero attached hydrogens (tertiary/aromatic N) is 3. The molecule has 0 fully saturated rings. The molecule has 124 valence electrons. The highest BCUT2D eigenvalue weighted by molar-refractivity contribution is 5.99. The van der Waals surface area contributed by atoms with Gasteiger partial charge in [0.25, 0.3) is 5.91 Å². The van der Waals surface area contributed by atoms with Crippen LogP contribution in [0.4, 0.5) is 13.2 Å². The van der Waals surface area contributed by atoms with E-state index in [4.69, 9.17) is 0 Å². The number of H-pyrrole nitrogens is 1. The van der Waals surface area contributed by atoms with Gasteiger partial charge in [-0.2, -0.15) is 18.3 Å². The zero-order valence-electron chi connectivity index (χ0n) is 12.7. The Morgan fingerprint density at radius 3 is 2.79 bits per heavy atom. The van der Waals surface area contributed by atoms with Crippen LogP contribution >= 0.6 is 0 Å². The van der Waals surface area contributed by atoms with E-state index in [1.54, 1.807) is 28.9 Å². The second kappa shape index (κ2) is 4.86. The number of aromatic nitrogens is 3. The molecular weight excluding hydrogens is 321 g/mol. The van der Waals surface area contributed by atoms with E-state index in [2.05, 4.69) is 10.1 Å². The van der Waals surface area contributed by atoms with Gasteiger partial charge in [0.05, 0.1) is 29.5 Å². The van der Waals surface area contributed by atoms with Crippen molar-refractivity contribution in [3.8, 4) is 0 Å². The second-order valence-electron chi connectivity index (χ2n) is 5.85. The lowest BCUT2D eigenvalue weighted by atomic mass is 10.1. The molecule has 24 heavy (non-hydrogen) atoms. The fraction of sp³-hybridized carbons (Fsp3) is 0.250. The smallest absolute Gasteiger partial charge is 0.350 e. The highest BCUT2D eigenvalue weighted by atomic mass is 19.4. The van der Waals surface area contributed by atoms with Crippen LogP contribution in [0.15, 0.2) is 30.5 Å². The average molecular weight is 334 g/mol. The number of carbonyl (C=O) groups is 1. The minimum absolute atomic E-state index is 0.0632. The van der Waals surface area contributed by atoms with E-state index in [0.717, 1.165) is 17.3 Å². The number of fused-ring (bicyclic) bond motifs is 2. The van der Waals surface area contributed by atoms with Crippen molar-refractivity contribution in [1.29, 1.82) is 0 Å². The van der Waals surface area contributed by atoms with Gasteiger partial charge in [0.1, 0.15) is 5.69 Å². The molecule has 1 aliphatic heterocycles.